The number of fused-ring (bicyclic) bond motifs is 13. The van der Waals surface area contributed by atoms with Gasteiger partial charge in [-0.1, -0.05) is 235 Å². The van der Waals surface area contributed by atoms with Crippen LogP contribution in [0.15, 0.2) is 249 Å². The van der Waals surface area contributed by atoms with Crippen LogP contribution in [-0.4, -0.2) is 20.4 Å². The summed E-state index contributed by atoms with van der Waals surface area (Å²) in [6.45, 7) is 27.6. The highest BCUT2D eigenvalue weighted by Gasteiger charge is 2.44. The lowest BCUT2D eigenvalue weighted by Crippen LogP contribution is -2.59. The van der Waals surface area contributed by atoms with Gasteiger partial charge in [-0.25, -0.2) is 0 Å². The van der Waals surface area contributed by atoms with Gasteiger partial charge in [0.05, 0.1) is 44.5 Å². The van der Waals surface area contributed by atoms with Crippen molar-refractivity contribution >= 4 is 106 Å². The van der Waals surface area contributed by atoms with E-state index in [1.165, 1.54) is 82.1 Å². The molecule has 2 aliphatic heterocycles. The molecule has 5 nitrogen and oxygen atoms in total. The van der Waals surface area contributed by atoms with Crippen LogP contribution in [0.2, 0.25) is 0 Å². The van der Waals surface area contributed by atoms with Crippen LogP contribution >= 0.6 is 0 Å². The molecule has 17 rings (SSSR count). The first-order chi connectivity index (χ1) is 45.2. The predicted molar refractivity (Wildman–Crippen MR) is 401 cm³/mol. The SMILES string of the molecule is CC(C)(C)c1ccc2c(c1)c1cc(C(C)(C)C)ccc1n2-c1ccc2c(c1)Oc1cc(-n3c4ccccc4c4ccccc43)cc3c1B2c1ccc(-n2c4ccc(C(C)(C)C)cc4c4cc(C(C)(C)C)ccc42)cc1N3c1c(-c2ccccc2)cccc1-c1ccccc1. The Labute approximate surface area is 552 Å². The highest BCUT2D eigenvalue weighted by atomic mass is 16.5. The van der Waals surface area contributed by atoms with E-state index in [-0.39, 0.29) is 28.4 Å². The molecule has 5 heterocycles. The van der Waals surface area contributed by atoms with Crippen LogP contribution in [0.1, 0.15) is 105 Å². The molecule has 0 atom stereocenters. The minimum absolute atomic E-state index is 0.0244. The molecule has 3 aromatic heterocycles. The number of hydrogen-bond acceptors (Lipinski definition) is 2. The Morgan fingerprint density at radius 1 is 0.287 bits per heavy atom. The van der Waals surface area contributed by atoms with Crippen molar-refractivity contribution in [1.82, 2.24) is 13.7 Å². The minimum Gasteiger partial charge on any atom is -0.458 e. The van der Waals surface area contributed by atoms with Crippen LogP contribution in [0.25, 0.3) is 105 Å². The lowest BCUT2D eigenvalue weighted by molar-refractivity contribution is 0.487. The third kappa shape index (κ3) is 8.96. The third-order valence-corrected chi connectivity index (χ3v) is 20.5. The summed E-state index contributed by atoms with van der Waals surface area (Å²) in [5.41, 5.74) is 26.6. The first-order valence-corrected chi connectivity index (χ1v) is 33.5. The molecule has 0 spiro atoms. The number of ether oxygens (including phenoxy) is 1. The van der Waals surface area contributed by atoms with Crippen molar-refractivity contribution in [2.24, 2.45) is 0 Å². The number of nitrogens with zero attached hydrogens (tertiary/aromatic N) is 4. The lowest BCUT2D eigenvalue weighted by atomic mass is 9.34. The fraction of sp³-hybridized carbons (Fsp3) is 0.182. The summed E-state index contributed by atoms with van der Waals surface area (Å²) in [6, 6.07) is 94.3. The normalized spacial score (nSPS) is 13.4. The number of benzene rings is 12. The van der Waals surface area contributed by atoms with E-state index in [9.17, 15) is 0 Å². The molecular weight excluding hydrogens is 1140 g/mol. The van der Waals surface area contributed by atoms with E-state index in [1.807, 2.05) is 0 Å². The molecule has 0 unspecified atom stereocenters. The molecule has 0 saturated carbocycles. The number of hydrogen-bond donors (Lipinski definition) is 0. The summed E-state index contributed by atoms with van der Waals surface area (Å²) < 4.78 is 15.3. The Morgan fingerprint density at radius 3 is 1.11 bits per heavy atom. The maximum Gasteiger partial charge on any atom is 0.256 e. The summed E-state index contributed by atoms with van der Waals surface area (Å²) in [6.07, 6.45) is 0. The average Bonchev–Trinajstić information content (AvgIpc) is 1.06. The van der Waals surface area contributed by atoms with Crippen molar-refractivity contribution in [2.75, 3.05) is 4.90 Å². The van der Waals surface area contributed by atoms with Crippen LogP contribution < -0.4 is 26.0 Å². The number of aromatic nitrogens is 3. The Kier molecular flexibility index (Phi) is 12.6. The second kappa shape index (κ2) is 20.6. The summed E-state index contributed by atoms with van der Waals surface area (Å²) in [7, 11) is 0. The quantitative estimate of drug-likeness (QED) is 0.155. The van der Waals surface area contributed by atoms with E-state index in [0.29, 0.717) is 0 Å². The van der Waals surface area contributed by atoms with Gasteiger partial charge in [-0.05, 0) is 156 Å². The maximum atomic E-state index is 7.80. The van der Waals surface area contributed by atoms with Crippen LogP contribution in [0, 0.1) is 0 Å². The van der Waals surface area contributed by atoms with E-state index in [4.69, 9.17) is 4.74 Å². The summed E-state index contributed by atoms with van der Waals surface area (Å²) in [5, 5.41) is 7.45. The standard InChI is InChI=1S/C88H77BN4O/c1-85(2,3)56-34-42-75-67(46-56)68-47-57(86(4,5)6)35-43-76(68)90(75)60-38-40-71-79(50-60)93(84-63(54-24-15-13-16-25-54)30-23-31-64(84)55-26-17-14-18-27-55)80-51-62(92-73-32-21-19-28-65(73)66-29-20-22-33-74(66)92)53-82-83(80)89(71)72-41-39-61(52-81(72)94-82)91-77-44-36-58(87(7,8)9)48-69(77)70-49-59(88(10,11)12)37-45-78(70)91/h13-53H,1-12H3. The van der Waals surface area contributed by atoms with E-state index in [0.717, 1.165) is 89.8 Å². The van der Waals surface area contributed by atoms with Crippen LogP contribution in [-0.2, 0) is 21.7 Å². The molecule has 458 valence electrons. The second-order valence-electron chi connectivity index (χ2n) is 30.6. The zero-order valence-electron chi connectivity index (χ0n) is 55.9. The van der Waals surface area contributed by atoms with Gasteiger partial charge in [0.25, 0.3) is 6.71 Å². The monoisotopic (exact) mass is 1220 g/mol. The van der Waals surface area contributed by atoms with Gasteiger partial charge in [-0.15, -0.1) is 0 Å². The van der Waals surface area contributed by atoms with Crippen molar-refractivity contribution in [3.8, 4) is 50.8 Å². The largest absolute Gasteiger partial charge is 0.458 e. The molecule has 0 bridgehead atoms. The Morgan fingerprint density at radius 2 is 0.660 bits per heavy atom. The van der Waals surface area contributed by atoms with E-state index in [2.05, 4.69) is 350 Å². The molecule has 12 aromatic carbocycles. The molecule has 6 heteroatoms. The summed E-state index contributed by atoms with van der Waals surface area (Å²) in [4.78, 5) is 2.62. The molecule has 0 N–H and O–H groups in total. The minimum atomic E-state index is -0.219. The van der Waals surface area contributed by atoms with Crippen molar-refractivity contribution in [3.05, 3.63) is 271 Å². The number of rotatable bonds is 6. The smallest absolute Gasteiger partial charge is 0.256 e. The average molecular weight is 1220 g/mol. The first-order valence-electron chi connectivity index (χ1n) is 33.5. The van der Waals surface area contributed by atoms with Crippen molar-refractivity contribution in [3.63, 3.8) is 0 Å². The van der Waals surface area contributed by atoms with Crippen LogP contribution in [0.4, 0.5) is 17.1 Å². The van der Waals surface area contributed by atoms with Gasteiger partial charge in [-0.2, -0.15) is 0 Å². The van der Waals surface area contributed by atoms with Gasteiger partial charge in [-0.3, -0.25) is 0 Å². The van der Waals surface area contributed by atoms with Gasteiger partial charge in [0.1, 0.15) is 11.5 Å². The molecule has 0 aliphatic carbocycles. The zero-order chi connectivity index (χ0) is 64.5. The van der Waals surface area contributed by atoms with Crippen LogP contribution in [0.5, 0.6) is 11.5 Å². The van der Waals surface area contributed by atoms with Gasteiger partial charge in [0.15, 0.2) is 0 Å². The molecule has 0 amide bonds. The molecule has 0 saturated heterocycles. The fourth-order valence-corrected chi connectivity index (χ4v) is 15.5. The predicted octanol–water partition coefficient (Wildman–Crippen LogP) is 21.9. The van der Waals surface area contributed by atoms with E-state index >= 15 is 0 Å². The number of anilines is 3. The van der Waals surface area contributed by atoms with Gasteiger partial charge in [0, 0.05) is 78.3 Å². The van der Waals surface area contributed by atoms with E-state index in [1.54, 1.807) is 0 Å². The van der Waals surface area contributed by atoms with Crippen molar-refractivity contribution in [2.45, 2.75) is 105 Å². The van der Waals surface area contributed by atoms with Crippen LogP contribution in [0.3, 0.4) is 0 Å². The lowest BCUT2D eigenvalue weighted by Gasteiger charge is -2.42. The number of para-hydroxylation sites is 3. The van der Waals surface area contributed by atoms with Crippen molar-refractivity contribution < 1.29 is 4.74 Å². The second-order valence-corrected chi connectivity index (χ2v) is 30.6. The summed E-state index contributed by atoms with van der Waals surface area (Å²) in [5.74, 6) is 1.68. The Balaban J connectivity index is 0.987. The van der Waals surface area contributed by atoms with Crippen molar-refractivity contribution in [1.29, 1.82) is 0 Å². The van der Waals surface area contributed by atoms with Gasteiger partial charge in [0.2, 0.25) is 0 Å². The summed E-state index contributed by atoms with van der Waals surface area (Å²) >= 11 is 0. The van der Waals surface area contributed by atoms with E-state index < -0.39 is 0 Å². The van der Waals surface area contributed by atoms with Gasteiger partial charge >= 0.3 is 0 Å². The molecular formula is C88H77BN4O. The zero-order valence-corrected chi connectivity index (χ0v) is 55.9. The molecule has 15 aromatic rings. The molecule has 0 radical (unpaired) electrons. The molecule has 2 aliphatic rings. The van der Waals surface area contributed by atoms with Gasteiger partial charge < -0.3 is 23.3 Å². The first kappa shape index (κ1) is 57.6. The molecule has 94 heavy (non-hydrogen) atoms. The highest BCUT2D eigenvalue weighted by molar-refractivity contribution is 6.99. The molecule has 0 fully saturated rings. The Bertz CT molecular complexity index is 5380. The fourth-order valence-electron chi connectivity index (χ4n) is 15.5. The third-order valence-electron chi connectivity index (χ3n) is 20.5. The topological polar surface area (TPSA) is 27.3 Å². The highest BCUT2D eigenvalue weighted by Crippen LogP contribution is 2.51. The maximum absolute atomic E-state index is 7.80. The Hall–Kier alpha value is -10.3.